The maximum atomic E-state index is 13.7. The average molecular weight is 446 g/mol. The van der Waals surface area contributed by atoms with Crippen molar-refractivity contribution in [2.24, 2.45) is 5.92 Å². The molecule has 0 spiro atoms. The quantitative estimate of drug-likeness (QED) is 0.538. The standard InChI is InChI=1S/C26H31N5O2/c1-19(21-8-4-3-5-9-21)29-26-28-17-14-24(30-26)31(18-20-12-15-27-16-13-20)25(32)22-10-6-7-11-23(22)33-2/h3-11,14,17,19-20,27H,12-13,15-16,18H2,1-2H3,(H,28,29,30)/t19-/m0/s1. The zero-order valence-corrected chi connectivity index (χ0v) is 19.2. The monoisotopic (exact) mass is 445 g/mol. The Labute approximate surface area is 195 Å². The van der Waals surface area contributed by atoms with Gasteiger partial charge < -0.3 is 15.4 Å². The number of nitrogens with zero attached hydrogens (tertiary/aromatic N) is 3. The molecular weight excluding hydrogens is 414 g/mol. The molecular formula is C26H31N5O2. The van der Waals surface area contributed by atoms with Gasteiger partial charge in [-0.15, -0.1) is 0 Å². The number of hydrogen-bond donors (Lipinski definition) is 2. The van der Waals surface area contributed by atoms with Crippen molar-refractivity contribution >= 4 is 17.7 Å². The largest absolute Gasteiger partial charge is 0.496 e. The third-order valence-electron chi connectivity index (χ3n) is 6.04. The van der Waals surface area contributed by atoms with E-state index >= 15 is 0 Å². The number of para-hydroxylation sites is 1. The smallest absolute Gasteiger partial charge is 0.263 e. The fourth-order valence-electron chi connectivity index (χ4n) is 4.16. The van der Waals surface area contributed by atoms with Crippen LogP contribution >= 0.6 is 0 Å². The molecule has 33 heavy (non-hydrogen) atoms. The molecule has 1 saturated heterocycles. The Bertz CT molecular complexity index is 1050. The lowest BCUT2D eigenvalue weighted by Gasteiger charge is -2.30. The van der Waals surface area contributed by atoms with Crippen LogP contribution in [0.1, 0.15) is 41.7 Å². The number of ether oxygens (including phenoxy) is 1. The molecule has 2 N–H and O–H groups in total. The first kappa shape index (κ1) is 22.7. The van der Waals surface area contributed by atoms with Crippen molar-refractivity contribution in [3.8, 4) is 5.75 Å². The van der Waals surface area contributed by atoms with Gasteiger partial charge in [-0.1, -0.05) is 42.5 Å². The Kier molecular flexibility index (Phi) is 7.52. The Balaban J connectivity index is 1.62. The molecule has 0 radical (unpaired) electrons. The number of amides is 1. The van der Waals surface area contributed by atoms with Gasteiger partial charge in [0.1, 0.15) is 11.6 Å². The normalized spacial score (nSPS) is 15.0. The lowest BCUT2D eigenvalue weighted by molar-refractivity contribution is 0.0977. The highest BCUT2D eigenvalue weighted by Crippen LogP contribution is 2.26. The summed E-state index contributed by atoms with van der Waals surface area (Å²) in [5.41, 5.74) is 1.67. The van der Waals surface area contributed by atoms with Crippen LogP contribution in [-0.4, -0.2) is 42.6 Å². The van der Waals surface area contributed by atoms with E-state index in [1.165, 1.54) is 0 Å². The van der Waals surface area contributed by atoms with E-state index < -0.39 is 0 Å². The predicted molar refractivity (Wildman–Crippen MR) is 131 cm³/mol. The lowest BCUT2D eigenvalue weighted by Crippen LogP contribution is -2.40. The average Bonchev–Trinajstić information content (AvgIpc) is 2.88. The zero-order chi connectivity index (χ0) is 23.0. The minimum Gasteiger partial charge on any atom is -0.496 e. The number of carbonyl (C=O) groups excluding carboxylic acids is 1. The lowest BCUT2D eigenvalue weighted by atomic mass is 9.97. The molecule has 0 bridgehead atoms. The summed E-state index contributed by atoms with van der Waals surface area (Å²) in [6.45, 7) is 4.60. The van der Waals surface area contributed by atoms with Crippen LogP contribution in [0.5, 0.6) is 5.75 Å². The van der Waals surface area contributed by atoms with Crippen LogP contribution in [0, 0.1) is 5.92 Å². The summed E-state index contributed by atoms with van der Waals surface area (Å²) in [6, 6.07) is 19.3. The van der Waals surface area contributed by atoms with E-state index in [1.807, 2.05) is 36.4 Å². The topological polar surface area (TPSA) is 79.4 Å². The van der Waals surface area contributed by atoms with Crippen molar-refractivity contribution in [3.63, 3.8) is 0 Å². The molecule has 0 saturated carbocycles. The van der Waals surface area contributed by atoms with E-state index in [4.69, 9.17) is 9.72 Å². The van der Waals surface area contributed by atoms with Crippen LogP contribution < -0.4 is 20.3 Å². The number of rotatable bonds is 8. The number of aromatic nitrogens is 2. The Morgan fingerprint density at radius 1 is 1.12 bits per heavy atom. The molecule has 1 aromatic heterocycles. The molecule has 1 aliphatic rings. The summed E-state index contributed by atoms with van der Waals surface area (Å²) in [6.07, 6.45) is 3.75. The van der Waals surface area contributed by atoms with E-state index in [9.17, 15) is 4.79 Å². The van der Waals surface area contributed by atoms with Gasteiger partial charge in [0.15, 0.2) is 0 Å². The summed E-state index contributed by atoms with van der Waals surface area (Å²) in [4.78, 5) is 24.6. The second-order valence-electron chi connectivity index (χ2n) is 8.32. The third kappa shape index (κ3) is 5.68. The molecule has 1 aliphatic heterocycles. The second kappa shape index (κ2) is 10.9. The van der Waals surface area contributed by atoms with Gasteiger partial charge >= 0.3 is 0 Å². The molecule has 4 rings (SSSR count). The first-order valence-corrected chi connectivity index (χ1v) is 11.5. The van der Waals surface area contributed by atoms with E-state index in [1.54, 1.807) is 30.3 Å². The summed E-state index contributed by atoms with van der Waals surface area (Å²) in [5, 5.41) is 6.76. The second-order valence-corrected chi connectivity index (χ2v) is 8.32. The Morgan fingerprint density at radius 2 is 1.85 bits per heavy atom. The number of carbonyl (C=O) groups is 1. The third-order valence-corrected chi connectivity index (χ3v) is 6.04. The van der Waals surface area contributed by atoms with Crippen LogP contribution in [0.3, 0.4) is 0 Å². The van der Waals surface area contributed by atoms with Crippen molar-refractivity contribution in [1.82, 2.24) is 15.3 Å². The molecule has 7 heteroatoms. The molecule has 0 aliphatic carbocycles. The number of nitrogens with one attached hydrogen (secondary N) is 2. The fourth-order valence-corrected chi connectivity index (χ4v) is 4.16. The van der Waals surface area contributed by atoms with Crippen LogP contribution in [0.25, 0.3) is 0 Å². The van der Waals surface area contributed by atoms with E-state index in [0.717, 1.165) is 31.5 Å². The van der Waals surface area contributed by atoms with E-state index in [0.29, 0.717) is 35.5 Å². The highest BCUT2D eigenvalue weighted by atomic mass is 16.5. The molecule has 2 heterocycles. The first-order valence-electron chi connectivity index (χ1n) is 11.5. The first-order chi connectivity index (χ1) is 16.2. The van der Waals surface area contributed by atoms with Gasteiger partial charge in [0.2, 0.25) is 5.95 Å². The molecule has 1 amide bonds. The summed E-state index contributed by atoms with van der Waals surface area (Å²) in [5.74, 6) is 1.92. The van der Waals surface area contributed by atoms with Crippen molar-refractivity contribution in [3.05, 3.63) is 78.0 Å². The van der Waals surface area contributed by atoms with Gasteiger partial charge in [-0.25, -0.2) is 4.98 Å². The number of hydrogen-bond acceptors (Lipinski definition) is 6. The molecule has 2 aromatic carbocycles. The number of anilines is 2. The number of methoxy groups -OCH3 is 1. The van der Waals surface area contributed by atoms with Gasteiger partial charge in [-0.2, -0.15) is 4.98 Å². The van der Waals surface area contributed by atoms with Gasteiger partial charge in [0, 0.05) is 12.7 Å². The van der Waals surface area contributed by atoms with Crippen molar-refractivity contribution in [2.75, 3.05) is 37.0 Å². The Morgan fingerprint density at radius 3 is 2.61 bits per heavy atom. The molecule has 1 fully saturated rings. The maximum Gasteiger partial charge on any atom is 0.263 e. The van der Waals surface area contributed by atoms with Crippen LogP contribution in [0.15, 0.2) is 66.9 Å². The van der Waals surface area contributed by atoms with Crippen LogP contribution in [0.2, 0.25) is 0 Å². The highest BCUT2D eigenvalue weighted by molar-refractivity contribution is 6.07. The molecule has 7 nitrogen and oxygen atoms in total. The van der Waals surface area contributed by atoms with Gasteiger partial charge in [-0.3, -0.25) is 9.69 Å². The number of piperidine rings is 1. The van der Waals surface area contributed by atoms with Crippen LogP contribution in [-0.2, 0) is 0 Å². The summed E-state index contributed by atoms with van der Waals surface area (Å²) in [7, 11) is 1.58. The molecule has 3 aromatic rings. The van der Waals surface area contributed by atoms with Crippen molar-refractivity contribution in [2.45, 2.75) is 25.8 Å². The minimum absolute atomic E-state index is 0.0317. The van der Waals surface area contributed by atoms with E-state index in [-0.39, 0.29) is 11.9 Å². The zero-order valence-electron chi connectivity index (χ0n) is 19.2. The summed E-state index contributed by atoms with van der Waals surface area (Å²) < 4.78 is 5.47. The van der Waals surface area contributed by atoms with Gasteiger partial charge in [0.05, 0.1) is 18.7 Å². The van der Waals surface area contributed by atoms with E-state index in [2.05, 4.69) is 34.7 Å². The minimum atomic E-state index is -0.119. The SMILES string of the molecule is COc1ccccc1C(=O)N(CC1CCNCC1)c1ccnc(N[C@@H](C)c2ccccc2)n1. The maximum absolute atomic E-state index is 13.7. The number of benzene rings is 2. The fraction of sp³-hybridized carbons (Fsp3) is 0.346. The van der Waals surface area contributed by atoms with Crippen LogP contribution in [0.4, 0.5) is 11.8 Å². The molecule has 172 valence electrons. The Hall–Kier alpha value is -3.45. The predicted octanol–water partition coefficient (Wildman–Crippen LogP) is 4.30. The molecule has 1 atom stereocenters. The highest BCUT2D eigenvalue weighted by Gasteiger charge is 2.26. The van der Waals surface area contributed by atoms with Crippen molar-refractivity contribution in [1.29, 1.82) is 0 Å². The molecule has 0 unspecified atom stereocenters. The van der Waals surface area contributed by atoms with Crippen molar-refractivity contribution < 1.29 is 9.53 Å². The van der Waals surface area contributed by atoms with Gasteiger partial charge in [-0.05, 0) is 62.5 Å². The van der Waals surface area contributed by atoms with Gasteiger partial charge in [0.25, 0.3) is 5.91 Å². The summed E-state index contributed by atoms with van der Waals surface area (Å²) >= 11 is 0.